The van der Waals surface area contributed by atoms with Crippen LogP contribution in [0.5, 0.6) is 0 Å². The second-order valence-corrected chi connectivity index (χ2v) is 21.4. The number of benzene rings is 9. The average molecular weight is 909 g/mol. The van der Waals surface area contributed by atoms with Crippen molar-refractivity contribution in [2.45, 2.75) is 80.1 Å². The minimum Gasteiger partial charge on any atom is -0.455 e. The fourth-order valence-electron chi connectivity index (χ4n) is 12.3. The van der Waals surface area contributed by atoms with Crippen molar-refractivity contribution in [3.63, 3.8) is 0 Å². The molecule has 2 aliphatic rings. The lowest BCUT2D eigenvalue weighted by atomic mass is 9.79. The summed E-state index contributed by atoms with van der Waals surface area (Å²) in [6.45, 7) is 22.7. The number of rotatable bonds is 6. The average Bonchev–Trinajstić information content (AvgIpc) is 4.04. The zero-order valence-corrected chi connectivity index (χ0v) is 41.7. The van der Waals surface area contributed by atoms with Crippen LogP contribution in [0.4, 0.5) is 34.1 Å². The fraction of sp³-hybridized carbons (Fsp3) is 0.182. The van der Waals surface area contributed by atoms with E-state index >= 15 is 0 Å². The van der Waals surface area contributed by atoms with Crippen LogP contribution in [-0.2, 0) is 10.8 Å². The maximum absolute atomic E-state index is 7.20. The third kappa shape index (κ3) is 5.95. The lowest BCUT2D eigenvalue weighted by Crippen LogP contribution is -2.18. The molecule has 2 aliphatic carbocycles. The van der Waals surface area contributed by atoms with E-state index in [0.29, 0.717) is 0 Å². The monoisotopic (exact) mass is 908 g/mol. The number of hydrogen-bond donors (Lipinski definition) is 0. The van der Waals surface area contributed by atoms with Crippen LogP contribution >= 0.6 is 0 Å². The molecule has 11 aromatic rings. The van der Waals surface area contributed by atoms with Crippen LogP contribution in [0.15, 0.2) is 167 Å². The van der Waals surface area contributed by atoms with Gasteiger partial charge in [-0.2, -0.15) is 0 Å². The molecule has 0 aliphatic heterocycles. The number of nitrogens with zero attached hydrogens (tertiary/aromatic N) is 2. The Morgan fingerprint density at radius 1 is 0.357 bits per heavy atom. The smallest absolute Gasteiger partial charge is 0.145 e. The van der Waals surface area contributed by atoms with Gasteiger partial charge >= 0.3 is 0 Å². The van der Waals surface area contributed by atoms with Gasteiger partial charge in [0.2, 0.25) is 0 Å². The second-order valence-electron chi connectivity index (χ2n) is 21.4. The first-order valence-electron chi connectivity index (χ1n) is 24.7. The van der Waals surface area contributed by atoms with Crippen molar-refractivity contribution in [1.29, 1.82) is 0 Å². The Kier molecular flexibility index (Phi) is 8.97. The van der Waals surface area contributed by atoms with Crippen molar-refractivity contribution in [1.82, 2.24) is 0 Å². The van der Waals surface area contributed by atoms with Crippen molar-refractivity contribution in [3.8, 4) is 22.3 Å². The molecule has 13 rings (SSSR count). The normalized spacial score (nSPS) is 14.1. The summed E-state index contributed by atoms with van der Waals surface area (Å²) in [5.74, 6) is 0. The molecule has 0 amide bonds. The molecule has 9 aromatic carbocycles. The van der Waals surface area contributed by atoms with Gasteiger partial charge in [-0.05, 0) is 159 Å². The number of fused-ring (bicyclic) bond motifs is 14. The van der Waals surface area contributed by atoms with E-state index in [1.807, 2.05) is 0 Å². The van der Waals surface area contributed by atoms with Crippen molar-refractivity contribution in [2.24, 2.45) is 0 Å². The standard InChI is InChI=1S/C66H56N2O2/c1-37-19-25-43(26-20-37)67(53-29-23-39(3)31-41(53)5)55-35-51-59(63-61(55)45-15-11-13-17-57(45)69-63)47-33-50-48(34-49(47)65(51,7)8)60-52(66(50,9)10)36-56(62-46-16-12-14-18-58(46)70-64(60)62)68(44-27-21-38(2)22-28-44)54-30-24-40(4)32-42(54)6/h11-36H,1-10H3. The Bertz CT molecular complexity index is 3750. The molecule has 342 valence electrons. The van der Waals surface area contributed by atoms with E-state index in [-0.39, 0.29) is 10.8 Å². The van der Waals surface area contributed by atoms with Crippen molar-refractivity contribution in [2.75, 3.05) is 9.80 Å². The predicted molar refractivity (Wildman–Crippen MR) is 294 cm³/mol. The summed E-state index contributed by atoms with van der Waals surface area (Å²) in [6, 6.07) is 58.7. The van der Waals surface area contributed by atoms with Crippen LogP contribution in [0.3, 0.4) is 0 Å². The zero-order valence-electron chi connectivity index (χ0n) is 41.7. The number of aryl methyl sites for hydroxylation is 6. The van der Waals surface area contributed by atoms with Crippen LogP contribution in [0.2, 0.25) is 0 Å². The van der Waals surface area contributed by atoms with Gasteiger partial charge in [0.25, 0.3) is 0 Å². The molecule has 0 unspecified atom stereocenters. The first-order valence-corrected chi connectivity index (χ1v) is 24.7. The fourth-order valence-corrected chi connectivity index (χ4v) is 12.3. The molecule has 0 fully saturated rings. The number of hydrogen-bond acceptors (Lipinski definition) is 4. The lowest BCUT2D eigenvalue weighted by Gasteiger charge is -2.30. The molecule has 0 atom stereocenters. The summed E-state index contributed by atoms with van der Waals surface area (Å²) in [7, 11) is 0. The summed E-state index contributed by atoms with van der Waals surface area (Å²) < 4.78 is 14.4. The van der Waals surface area contributed by atoms with Gasteiger partial charge in [-0.1, -0.05) is 135 Å². The molecule has 0 N–H and O–H groups in total. The van der Waals surface area contributed by atoms with E-state index in [0.717, 1.165) is 78.0 Å². The Hall–Kier alpha value is -7.82. The molecular formula is C66H56N2O2. The summed E-state index contributed by atoms with van der Waals surface area (Å²) in [4.78, 5) is 4.93. The minimum absolute atomic E-state index is 0.381. The van der Waals surface area contributed by atoms with Gasteiger partial charge < -0.3 is 18.6 Å². The largest absolute Gasteiger partial charge is 0.455 e. The third-order valence-electron chi connectivity index (χ3n) is 15.9. The van der Waals surface area contributed by atoms with E-state index < -0.39 is 0 Å². The highest BCUT2D eigenvalue weighted by Crippen LogP contribution is 2.62. The first-order chi connectivity index (χ1) is 33.7. The van der Waals surface area contributed by atoms with Crippen LogP contribution in [0.25, 0.3) is 66.1 Å². The number of para-hydroxylation sites is 2. The molecule has 4 nitrogen and oxygen atoms in total. The highest BCUT2D eigenvalue weighted by atomic mass is 16.3. The molecule has 0 saturated carbocycles. The Labute approximate surface area is 410 Å². The van der Waals surface area contributed by atoms with E-state index in [9.17, 15) is 0 Å². The topological polar surface area (TPSA) is 32.8 Å². The summed E-state index contributed by atoms with van der Waals surface area (Å²) >= 11 is 0. The van der Waals surface area contributed by atoms with Crippen LogP contribution in [-0.4, -0.2) is 0 Å². The Balaban J connectivity index is 1.08. The van der Waals surface area contributed by atoms with Crippen molar-refractivity contribution in [3.05, 3.63) is 213 Å². The SMILES string of the molecule is Cc1ccc(N(c2ccc(C)cc2C)c2cc3c(c4oc5ccccc5c24)-c2cc4c(cc2C3(C)C)-c2c(cc(N(c3ccc(C)cc3)c3ccc(C)cc3C)c3c2oc2ccccc23)C4(C)C)cc1. The molecule has 0 bridgehead atoms. The van der Waals surface area contributed by atoms with Crippen LogP contribution in [0, 0.1) is 41.5 Å². The number of anilines is 6. The molecule has 70 heavy (non-hydrogen) atoms. The van der Waals surface area contributed by atoms with Crippen molar-refractivity contribution >= 4 is 78.0 Å². The third-order valence-corrected chi connectivity index (χ3v) is 15.9. The molecule has 0 saturated heterocycles. The van der Waals surface area contributed by atoms with E-state index in [1.54, 1.807) is 0 Å². The van der Waals surface area contributed by atoms with Gasteiger partial charge in [0, 0.05) is 55.5 Å². The van der Waals surface area contributed by atoms with E-state index in [1.165, 1.54) is 77.9 Å². The Morgan fingerprint density at radius 2 is 0.729 bits per heavy atom. The van der Waals surface area contributed by atoms with Crippen LogP contribution < -0.4 is 9.80 Å². The highest BCUT2D eigenvalue weighted by molar-refractivity contribution is 6.21. The van der Waals surface area contributed by atoms with E-state index in [4.69, 9.17) is 8.83 Å². The van der Waals surface area contributed by atoms with Gasteiger partial charge in [0.15, 0.2) is 0 Å². The van der Waals surface area contributed by atoms with Gasteiger partial charge in [-0.25, -0.2) is 0 Å². The lowest BCUT2D eigenvalue weighted by molar-refractivity contribution is 0.648. The van der Waals surface area contributed by atoms with Gasteiger partial charge in [0.05, 0.1) is 22.1 Å². The molecular weight excluding hydrogens is 853 g/mol. The second kappa shape index (κ2) is 14.8. The summed E-state index contributed by atoms with van der Waals surface area (Å²) in [5, 5.41) is 4.47. The van der Waals surface area contributed by atoms with Gasteiger partial charge in [0.1, 0.15) is 22.3 Å². The number of furan rings is 2. The highest BCUT2D eigenvalue weighted by Gasteiger charge is 2.45. The zero-order chi connectivity index (χ0) is 48.1. The predicted octanol–water partition coefficient (Wildman–Crippen LogP) is 18.9. The maximum atomic E-state index is 7.20. The maximum Gasteiger partial charge on any atom is 0.145 e. The van der Waals surface area contributed by atoms with Gasteiger partial charge in [-0.3, -0.25) is 0 Å². The first kappa shape index (κ1) is 42.3. The quantitative estimate of drug-likeness (QED) is 0.166. The molecule has 2 aromatic heterocycles. The van der Waals surface area contributed by atoms with E-state index in [2.05, 4.69) is 237 Å². The van der Waals surface area contributed by atoms with Gasteiger partial charge in [-0.15, -0.1) is 0 Å². The summed E-state index contributed by atoms with van der Waals surface area (Å²) in [5.41, 5.74) is 27.0. The van der Waals surface area contributed by atoms with Crippen LogP contribution in [0.1, 0.15) is 83.3 Å². The molecule has 4 heteroatoms. The molecule has 2 heterocycles. The minimum atomic E-state index is -0.381. The summed E-state index contributed by atoms with van der Waals surface area (Å²) in [6.07, 6.45) is 0. The molecule has 0 radical (unpaired) electrons. The van der Waals surface area contributed by atoms with Crippen molar-refractivity contribution < 1.29 is 8.83 Å². The molecule has 0 spiro atoms. The Morgan fingerprint density at radius 3 is 1.11 bits per heavy atom.